The zero-order chi connectivity index (χ0) is 16.2. The van der Waals surface area contributed by atoms with Gasteiger partial charge in [-0.1, -0.05) is 50.1 Å². The number of hydrogen-bond donors (Lipinski definition) is 3. The van der Waals surface area contributed by atoms with Crippen LogP contribution in [0.3, 0.4) is 0 Å². The molecule has 0 aromatic heterocycles. The van der Waals surface area contributed by atoms with Gasteiger partial charge in [0.05, 0.1) is 0 Å². The highest BCUT2D eigenvalue weighted by Gasteiger charge is 2.06. The number of rotatable bonds is 7. The first kappa shape index (κ1) is 18.1. The minimum absolute atomic E-state index is 0.113. The summed E-state index contributed by atoms with van der Waals surface area (Å²) in [5.74, 6) is -0.309. The molecule has 0 unspecified atom stereocenters. The summed E-state index contributed by atoms with van der Waals surface area (Å²) >= 11 is 4.96. The van der Waals surface area contributed by atoms with E-state index in [2.05, 4.69) is 23.1 Å². The topological polar surface area (TPSA) is 70.2 Å². The average Bonchev–Trinajstić information content (AvgIpc) is 2.52. The Labute approximate surface area is 136 Å². The molecule has 1 aromatic rings. The fraction of sp³-hybridized carbons (Fsp3) is 0.438. The predicted octanol–water partition coefficient (Wildman–Crippen LogP) is 2.22. The number of aryl methyl sites for hydroxylation is 1. The molecule has 0 saturated heterocycles. The molecule has 0 atom stereocenters. The molecule has 0 bridgehead atoms. The van der Waals surface area contributed by atoms with Crippen LogP contribution in [0.15, 0.2) is 30.3 Å². The first-order valence-corrected chi connectivity index (χ1v) is 7.95. The third kappa shape index (κ3) is 8.36. The summed E-state index contributed by atoms with van der Waals surface area (Å²) in [4.78, 5) is 23.2. The zero-order valence-electron chi connectivity index (χ0n) is 12.9. The lowest BCUT2D eigenvalue weighted by Gasteiger charge is -2.10. The van der Waals surface area contributed by atoms with E-state index in [1.165, 1.54) is 0 Å². The van der Waals surface area contributed by atoms with Crippen LogP contribution < -0.4 is 16.2 Å². The van der Waals surface area contributed by atoms with E-state index in [1.807, 2.05) is 30.3 Å². The molecule has 0 aliphatic rings. The second-order valence-corrected chi connectivity index (χ2v) is 5.40. The van der Waals surface area contributed by atoms with E-state index in [-0.39, 0.29) is 16.9 Å². The Morgan fingerprint density at radius 2 is 1.73 bits per heavy atom. The number of benzene rings is 1. The molecule has 0 aliphatic carbocycles. The maximum atomic E-state index is 11.7. The van der Waals surface area contributed by atoms with Crippen molar-refractivity contribution in [1.29, 1.82) is 0 Å². The molecule has 2 amide bonds. The van der Waals surface area contributed by atoms with Crippen molar-refractivity contribution in [2.45, 2.75) is 45.4 Å². The molecule has 1 rings (SSSR count). The lowest BCUT2D eigenvalue weighted by Crippen LogP contribution is -2.48. The Kier molecular flexibility index (Phi) is 8.83. The number of hydrogen-bond acceptors (Lipinski definition) is 3. The highest BCUT2D eigenvalue weighted by atomic mass is 32.1. The third-order valence-corrected chi connectivity index (χ3v) is 3.26. The maximum absolute atomic E-state index is 11.7. The van der Waals surface area contributed by atoms with Crippen molar-refractivity contribution in [3.63, 3.8) is 0 Å². The Morgan fingerprint density at radius 1 is 1.00 bits per heavy atom. The Balaban J connectivity index is 2.16. The summed E-state index contributed by atoms with van der Waals surface area (Å²) in [6, 6.07) is 9.76. The highest BCUT2D eigenvalue weighted by Crippen LogP contribution is 2.02. The average molecular weight is 321 g/mol. The second kappa shape index (κ2) is 10.7. The molecule has 22 heavy (non-hydrogen) atoms. The largest absolute Gasteiger partial charge is 0.302 e. The number of hydrazine groups is 1. The van der Waals surface area contributed by atoms with Crippen LogP contribution in [-0.4, -0.2) is 16.9 Å². The van der Waals surface area contributed by atoms with Crippen molar-refractivity contribution in [2.24, 2.45) is 0 Å². The van der Waals surface area contributed by atoms with Gasteiger partial charge in [-0.3, -0.25) is 20.4 Å². The van der Waals surface area contributed by atoms with Crippen molar-refractivity contribution in [3.05, 3.63) is 35.9 Å². The smallest absolute Gasteiger partial charge is 0.238 e. The normalized spacial score (nSPS) is 9.86. The fourth-order valence-corrected chi connectivity index (χ4v) is 2.01. The lowest BCUT2D eigenvalue weighted by atomic mass is 10.1. The van der Waals surface area contributed by atoms with Crippen LogP contribution in [0, 0.1) is 0 Å². The summed E-state index contributed by atoms with van der Waals surface area (Å²) < 4.78 is 0. The van der Waals surface area contributed by atoms with Crippen molar-refractivity contribution >= 4 is 29.1 Å². The molecule has 0 heterocycles. The van der Waals surface area contributed by atoms with Gasteiger partial charge in [-0.15, -0.1) is 0 Å². The van der Waals surface area contributed by atoms with Gasteiger partial charge in [-0.05, 0) is 30.6 Å². The van der Waals surface area contributed by atoms with E-state index in [0.717, 1.165) is 24.8 Å². The highest BCUT2D eigenvalue weighted by molar-refractivity contribution is 7.80. The van der Waals surface area contributed by atoms with Crippen molar-refractivity contribution < 1.29 is 9.59 Å². The van der Waals surface area contributed by atoms with Crippen LogP contribution in [0.4, 0.5) is 0 Å². The predicted molar refractivity (Wildman–Crippen MR) is 90.9 cm³/mol. The van der Waals surface area contributed by atoms with Gasteiger partial charge in [0.15, 0.2) is 5.11 Å². The monoisotopic (exact) mass is 321 g/mol. The summed E-state index contributed by atoms with van der Waals surface area (Å²) in [5, 5.41) is 2.65. The minimum Gasteiger partial charge on any atom is -0.302 e. The zero-order valence-corrected chi connectivity index (χ0v) is 13.7. The van der Waals surface area contributed by atoms with Crippen molar-refractivity contribution in [1.82, 2.24) is 16.2 Å². The number of thiocarbonyl (C=S) groups is 1. The van der Waals surface area contributed by atoms with Crippen LogP contribution >= 0.6 is 12.2 Å². The maximum Gasteiger partial charge on any atom is 0.238 e. The van der Waals surface area contributed by atoms with E-state index in [4.69, 9.17) is 12.2 Å². The first-order valence-electron chi connectivity index (χ1n) is 7.54. The fourth-order valence-electron chi connectivity index (χ4n) is 1.85. The van der Waals surface area contributed by atoms with Gasteiger partial charge in [0.2, 0.25) is 11.8 Å². The van der Waals surface area contributed by atoms with Gasteiger partial charge in [0.1, 0.15) is 0 Å². The lowest BCUT2D eigenvalue weighted by molar-refractivity contribution is -0.122. The molecule has 3 N–H and O–H groups in total. The van der Waals surface area contributed by atoms with Gasteiger partial charge in [-0.25, -0.2) is 0 Å². The standard InChI is InChI=1S/C16H23N3O2S/c1-2-3-5-10-15(21)18-19-16(22)17-14(20)12-11-13-8-6-4-7-9-13/h4,6-9H,2-3,5,10-12H2,1H3,(H,18,21)(H2,17,19,20,22). The number of amides is 2. The quantitative estimate of drug-likeness (QED) is 0.409. The summed E-state index contributed by atoms with van der Waals surface area (Å²) in [7, 11) is 0. The summed E-state index contributed by atoms with van der Waals surface area (Å²) in [6.07, 6.45) is 4.38. The van der Waals surface area contributed by atoms with Gasteiger partial charge in [-0.2, -0.15) is 0 Å². The second-order valence-electron chi connectivity index (χ2n) is 4.99. The summed E-state index contributed by atoms with van der Waals surface area (Å²) in [6.45, 7) is 2.08. The molecule has 0 aliphatic heterocycles. The summed E-state index contributed by atoms with van der Waals surface area (Å²) in [5.41, 5.74) is 6.11. The van der Waals surface area contributed by atoms with Crippen LogP contribution in [0.2, 0.25) is 0 Å². The van der Waals surface area contributed by atoms with Gasteiger partial charge in [0, 0.05) is 12.8 Å². The molecule has 0 fully saturated rings. The van der Waals surface area contributed by atoms with Gasteiger partial charge < -0.3 is 5.32 Å². The number of carbonyl (C=O) groups excluding carboxylic acids is 2. The molecule has 6 heteroatoms. The Hall–Kier alpha value is -1.95. The van der Waals surface area contributed by atoms with Crippen LogP contribution in [0.5, 0.6) is 0 Å². The van der Waals surface area contributed by atoms with E-state index >= 15 is 0 Å². The minimum atomic E-state index is -0.179. The molecule has 1 aromatic carbocycles. The van der Waals surface area contributed by atoms with E-state index in [9.17, 15) is 9.59 Å². The Bertz CT molecular complexity index is 491. The van der Waals surface area contributed by atoms with Crippen molar-refractivity contribution in [2.75, 3.05) is 0 Å². The molecular weight excluding hydrogens is 298 g/mol. The van der Waals surface area contributed by atoms with Gasteiger partial charge >= 0.3 is 0 Å². The molecule has 0 spiro atoms. The van der Waals surface area contributed by atoms with E-state index in [0.29, 0.717) is 19.3 Å². The van der Waals surface area contributed by atoms with Crippen LogP contribution in [-0.2, 0) is 16.0 Å². The number of unbranched alkanes of at least 4 members (excludes halogenated alkanes) is 2. The van der Waals surface area contributed by atoms with Gasteiger partial charge in [0.25, 0.3) is 0 Å². The number of nitrogens with one attached hydrogen (secondary N) is 3. The van der Waals surface area contributed by atoms with E-state index < -0.39 is 0 Å². The molecule has 5 nitrogen and oxygen atoms in total. The number of carbonyl (C=O) groups is 2. The van der Waals surface area contributed by atoms with E-state index in [1.54, 1.807) is 0 Å². The Morgan fingerprint density at radius 3 is 2.41 bits per heavy atom. The van der Waals surface area contributed by atoms with Crippen LogP contribution in [0.1, 0.15) is 44.6 Å². The van der Waals surface area contributed by atoms with Crippen LogP contribution in [0.25, 0.3) is 0 Å². The first-order chi connectivity index (χ1) is 10.6. The molecular formula is C16H23N3O2S. The molecule has 0 radical (unpaired) electrons. The van der Waals surface area contributed by atoms with Crippen molar-refractivity contribution in [3.8, 4) is 0 Å². The SMILES string of the molecule is CCCCCC(=O)NNC(=S)NC(=O)CCc1ccccc1. The third-order valence-electron chi connectivity index (χ3n) is 3.06. The molecule has 0 saturated carbocycles. The molecule has 120 valence electrons.